The van der Waals surface area contributed by atoms with Crippen LogP contribution in [0.3, 0.4) is 0 Å². The fourth-order valence-electron chi connectivity index (χ4n) is 1.46. The number of alkyl halides is 7. The summed E-state index contributed by atoms with van der Waals surface area (Å²) in [7, 11) is -6.59. The van der Waals surface area contributed by atoms with E-state index < -0.39 is 70.4 Å². The molecule has 0 aliphatic heterocycles. The van der Waals surface area contributed by atoms with Gasteiger partial charge in [-0.1, -0.05) is 6.58 Å². The van der Waals surface area contributed by atoms with Crippen LogP contribution in [0.1, 0.15) is 12.8 Å². The average Bonchev–Trinajstić information content (AvgIpc) is 2.46. The van der Waals surface area contributed by atoms with E-state index in [0.717, 1.165) is 0 Å². The van der Waals surface area contributed by atoms with E-state index in [1.807, 2.05) is 0 Å². The minimum atomic E-state index is -6.59. The van der Waals surface area contributed by atoms with Crippen LogP contribution in [-0.2, 0) is 29.2 Å². The summed E-state index contributed by atoms with van der Waals surface area (Å²) in [5, 5.41) is -6.00. The lowest BCUT2D eigenvalue weighted by Crippen LogP contribution is -2.60. The summed E-state index contributed by atoms with van der Waals surface area (Å²) in [6.07, 6.45) is -9.63. The van der Waals surface area contributed by atoms with Crippen molar-refractivity contribution < 1.29 is 67.2 Å². The molecule has 0 aromatic rings. The summed E-state index contributed by atoms with van der Waals surface area (Å²) in [6.45, 7) is 0.605. The number of esters is 1. The minimum Gasteiger partial charge on any atom is -0.410 e. The Hall–Kier alpha value is -2.01. The number of carbonyl (C=O) groups excluding carboxylic acids is 2. The van der Waals surface area contributed by atoms with Gasteiger partial charge in [0.15, 0.2) is 0 Å². The van der Waals surface area contributed by atoms with Crippen molar-refractivity contribution in [3.63, 3.8) is 0 Å². The van der Waals surface area contributed by atoms with Gasteiger partial charge in [-0.2, -0.15) is 43.5 Å². The zero-order valence-corrected chi connectivity index (χ0v) is 14.1. The van der Waals surface area contributed by atoms with Crippen molar-refractivity contribution >= 4 is 22.0 Å². The molecule has 0 spiro atoms. The normalized spacial score (nSPS) is 15.6. The third kappa shape index (κ3) is 5.28. The highest BCUT2D eigenvalue weighted by atomic mass is 32.2. The van der Waals surface area contributed by atoms with Gasteiger partial charge >= 0.3 is 45.1 Å². The first-order chi connectivity index (χ1) is 12.2. The van der Waals surface area contributed by atoms with Gasteiger partial charge in [-0.3, -0.25) is 9.35 Å². The molecule has 0 aliphatic rings. The Morgan fingerprint density at radius 3 is 1.86 bits per heavy atom. The number of hydrogen-bond donors (Lipinski definition) is 2. The Morgan fingerprint density at radius 2 is 1.54 bits per heavy atom. The number of rotatable bonds is 10. The Bertz CT molecular complexity index is 736. The second-order valence-electron chi connectivity index (χ2n) is 4.92. The average molecular weight is 453 g/mol. The van der Waals surface area contributed by atoms with Crippen molar-refractivity contribution in [3.8, 4) is 0 Å². The summed E-state index contributed by atoms with van der Waals surface area (Å²) >= 11 is 0. The molecular formula is C11H11F8NO7S. The van der Waals surface area contributed by atoms with Crippen LogP contribution >= 0.6 is 0 Å². The predicted octanol–water partition coefficient (Wildman–Crippen LogP) is 1.67. The number of primary amides is 1. The number of hydrogen-bond acceptors (Lipinski definition) is 6. The summed E-state index contributed by atoms with van der Waals surface area (Å²) in [5.41, 5.74) is 4.41. The van der Waals surface area contributed by atoms with Crippen molar-refractivity contribution in [1.82, 2.24) is 0 Å². The fourth-order valence-corrected chi connectivity index (χ4v) is 1.94. The van der Waals surface area contributed by atoms with E-state index in [0.29, 0.717) is 0 Å². The molecule has 17 heteroatoms. The van der Waals surface area contributed by atoms with E-state index in [9.17, 15) is 53.1 Å². The van der Waals surface area contributed by atoms with E-state index in [1.54, 1.807) is 0 Å². The molecule has 0 bridgehead atoms. The van der Waals surface area contributed by atoms with Crippen molar-refractivity contribution in [2.45, 2.75) is 36.0 Å². The molecule has 0 aliphatic carbocycles. The minimum absolute atomic E-state index is 1.49. The number of nitrogens with two attached hydrogens (primary N) is 1. The lowest BCUT2D eigenvalue weighted by Gasteiger charge is -2.31. The van der Waals surface area contributed by atoms with Gasteiger partial charge in [0.1, 0.15) is 0 Å². The van der Waals surface area contributed by atoms with E-state index >= 15 is 0 Å². The largest absolute Gasteiger partial charge is 0.466 e. The quantitative estimate of drug-likeness (QED) is 0.128. The van der Waals surface area contributed by atoms with E-state index in [2.05, 4.69) is 21.8 Å². The zero-order valence-electron chi connectivity index (χ0n) is 13.2. The van der Waals surface area contributed by atoms with E-state index in [-0.39, 0.29) is 0 Å². The van der Waals surface area contributed by atoms with E-state index in [4.69, 9.17) is 4.55 Å². The standard InChI is InChI=1S/C11H11F8NO7S/c1-5(12)6(21)27-9(7(20)22,10(15,16)17)26-4-2-3-8(13,14)11(18,19)28(23,24)25/h1-4H2,(H2,20,22)(H,23,24,25). The molecule has 0 saturated carbocycles. The maximum atomic E-state index is 13.2. The molecule has 0 heterocycles. The topological polar surface area (TPSA) is 133 Å². The molecule has 8 nitrogen and oxygen atoms in total. The predicted molar refractivity (Wildman–Crippen MR) is 70.9 cm³/mol. The van der Waals surface area contributed by atoms with Crippen LogP contribution in [0.5, 0.6) is 0 Å². The molecule has 3 N–H and O–H groups in total. The van der Waals surface area contributed by atoms with Gasteiger partial charge in [-0.15, -0.1) is 0 Å². The molecule has 0 rings (SSSR count). The summed E-state index contributed by atoms with van der Waals surface area (Å²) in [6, 6.07) is 0. The maximum absolute atomic E-state index is 13.2. The number of halogens is 8. The Kier molecular flexibility index (Phi) is 7.57. The molecule has 1 amide bonds. The highest BCUT2D eigenvalue weighted by Gasteiger charge is 2.67. The SMILES string of the molecule is C=C(F)C(=O)OC(OCCCC(F)(F)C(F)(F)S(=O)(=O)O)(C(N)=O)C(F)(F)F. The van der Waals surface area contributed by atoms with Crippen molar-refractivity contribution in [2.24, 2.45) is 5.73 Å². The van der Waals surface area contributed by atoms with Gasteiger partial charge in [0.05, 0.1) is 6.61 Å². The Morgan fingerprint density at radius 1 is 1.07 bits per heavy atom. The third-order valence-electron chi connectivity index (χ3n) is 2.85. The van der Waals surface area contributed by atoms with Crippen LogP contribution in [0.25, 0.3) is 0 Å². The van der Waals surface area contributed by atoms with Crippen LogP contribution < -0.4 is 5.73 Å². The van der Waals surface area contributed by atoms with Crippen LogP contribution in [0, 0.1) is 0 Å². The summed E-state index contributed by atoms with van der Waals surface area (Å²) in [4.78, 5) is 22.0. The van der Waals surface area contributed by atoms with Gasteiger partial charge in [0.2, 0.25) is 5.83 Å². The second kappa shape index (κ2) is 8.16. The molecule has 0 saturated heterocycles. The van der Waals surface area contributed by atoms with Gasteiger partial charge in [-0.25, -0.2) is 4.79 Å². The number of ether oxygens (including phenoxy) is 2. The number of amides is 1. The molecular weight excluding hydrogens is 442 g/mol. The Labute approximate surface area is 151 Å². The van der Waals surface area contributed by atoms with Crippen LogP contribution in [0.15, 0.2) is 12.4 Å². The molecule has 1 atom stereocenters. The molecule has 0 aromatic heterocycles. The molecule has 164 valence electrons. The monoisotopic (exact) mass is 453 g/mol. The lowest BCUT2D eigenvalue weighted by molar-refractivity contribution is -0.346. The highest BCUT2D eigenvalue weighted by Crippen LogP contribution is 2.42. The van der Waals surface area contributed by atoms with Crippen LogP contribution in [0.2, 0.25) is 0 Å². The highest BCUT2D eigenvalue weighted by molar-refractivity contribution is 7.87. The summed E-state index contributed by atoms with van der Waals surface area (Å²) in [5.74, 6) is -17.3. The fraction of sp³-hybridized carbons (Fsp3) is 0.636. The number of carbonyl (C=O) groups is 2. The molecule has 1 unspecified atom stereocenters. The zero-order chi connectivity index (χ0) is 22.8. The maximum Gasteiger partial charge on any atom is 0.466 e. The smallest absolute Gasteiger partial charge is 0.410 e. The van der Waals surface area contributed by atoms with Crippen molar-refractivity contribution in [2.75, 3.05) is 6.61 Å². The third-order valence-corrected chi connectivity index (χ3v) is 3.79. The van der Waals surface area contributed by atoms with Crippen molar-refractivity contribution in [1.29, 1.82) is 0 Å². The molecule has 28 heavy (non-hydrogen) atoms. The Balaban J connectivity index is 5.45. The van der Waals surface area contributed by atoms with Gasteiger partial charge in [0, 0.05) is 6.42 Å². The van der Waals surface area contributed by atoms with Crippen LogP contribution in [-0.4, -0.2) is 54.6 Å². The van der Waals surface area contributed by atoms with Gasteiger partial charge < -0.3 is 15.2 Å². The first-order valence-electron chi connectivity index (χ1n) is 6.54. The molecule has 0 radical (unpaired) electrons. The van der Waals surface area contributed by atoms with Gasteiger partial charge in [-0.05, 0) is 6.42 Å². The first kappa shape index (κ1) is 26.0. The van der Waals surface area contributed by atoms with Gasteiger partial charge in [0.25, 0.3) is 0 Å². The molecule has 0 fully saturated rings. The first-order valence-corrected chi connectivity index (χ1v) is 7.98. The van der Waals surface area contributed by atoms with E-state index in [1.165, 1.54) is 0 Å². The second-order valence-corrected chi connectivity index (χ2v) is 6.38. The summed E-state index contributed by atoms with van der Waals surface area (Å²) < 4.78 is 140. The van der Waals surface area contributed by atoms with Crippen LogP contribution in [0.4, 0.5) is 35.1 Å². The lowest BCUT2D eigenvalue weighted by atomic mass is 10.2. The molecule has 0 aromatic carbocycles. The van der Waals surface area contributed by atoms with Crippen molar-refractivity contribution in [3.05, 3.63) is 12.4 Å².